The Labute approximate surface area is 335 Å². The van der Waals surface area contributed by atoms with Crippen molar-refractivity contribution in [3.8, 4) is 22.3 Å². The first kappa shape index (κ1) is 36.2. The van der Waals surface area contributed by atoms with Crippen molar-refractivity contribution in [2.75, 3.05) is 0 Å². The molecule has 9 rings (SSSR count). The fraction of sp³-hybridized carbons (Fsp3) is 0.296. The molecule has 0 spiro atoms. The molecule has 276 valence electrons. The number of fused-ring (bicyclic) bond motifs is 6. The lowest BCUT2D eigenvalue weighted by molar-refractivity contribution is 0.568. The zero-order valence-corrected chi connectivity index (χ0v) is 36.3. The van der Waals surface area contributed by atoms with Crippen LogP contribution in [0.2, 0.25) is 0 Å². The van der Waals surface area contributed by atoms with Crippen LogP contribution in [0.3, 0.4) is 0 Å². The summed E-state index contributed by atoms with van der Waals surface area (Å²) < 4.78 is 1.14. The van der Waals surface area contributed by atoms with Gasteiger partial charge in [0.05, 0.1) is 0 Å². The lowest BCUT2D eigenvalue weighted by Crippen LogP contribution is -2.16. The standard InChI is InChI=1S/C54H53Br/c1-51(2,3)33-24-31(25-34(28-33)52(4,5)6)44-47-38-19-13-16-30-17-14-20-39(43(30)38)48(47)45(32-26-35(53(7,8)9)29-36(27-32)54(10,11)12)50-41-22-23-42(55)37-18-15-21-40(46(37)41)49(44)50/h13-29H,1-12H3. The zero-order valence-electron chi connectivity index (χ0n) is 34.7. The molecule has 0 amide bonds. The molecule has 0 heterocycles. The van der Waals surface area contributed by atoms with Crippen molar-refractivity contribution < 1.29 is 0 Å². The molecule has 0 aliphatic rings. The lowest BCUT2D eigenvalue weighted by Gasteiger charge is -2.28. The van der Waals surface area contributed by atoms with E-state index in [1.165, 1.54) is 109 Å². The highest BCUT2D eigenvalue weighted by molar-refractivity contribution is 9.10. The third kappa shape index (κ3) is 5.51. The highest BCUT2D eigenvalue weighted by Gasteiger charge is 2.31. The van der Waals surface area contributed by atoms with Gasteiger partial charge >= 0.3 is 0 Å². The van der Waals surface area contributed by atoms with Crippen molar-refractivity contribution in [2.45, 2.75) is 105 Å². The van der Waals surface area contributed by atoms with Crippen molar-refractivity contribution in [1.29, 1.82) is 0 Å². The second-order valence-electron chi connectivity index (χ2n) is 20.4. The van der Waals surface area contributed by atoms with Crippen LogP contribution in [0.25, 0.3) is 86.9 Å². The Morgan fingerprint density at radius 3 is 1.04 bits per heavy atom. The van der Waals surface area contributed by atoms with E-state index >= 15 is 0 Å². The van der Waals surface area contributed by atoms with Gasteiger partial charge in [-0.15, -0.1) is 0 Å². The minimum Gasteiger partial charge on any atom is -0.0610 e. The highest BCUT2D eigenvalue weighted by atomic mass is 79.9. The number of rotatable bonds is 2. The summed E-state index contributed by atoms with van der Waals surface area (Å²) in [4.78, 5) is 0. The monoisotopic (exact) mass is 780 g/mol. The maximum atomic E-state index is 3.98. The van der Waals surface area contributed by atoms with Crippen LogP contribution in [0.15, 0.2) is 108 Å². The molecule has 0 N–H and O–H groups in total. The lowest BCUT2D eigenvalue weighted by atomic mass is 9.76. The van der Waals surface area contributed by atoms with Gasteiger partial charge in [-0.3, -0.25) is 0 Å². The van der Waals surface area contributed by atoms with Gasteiger partial charge in [-0.25, -0.2) is 0 Å². The number of benzene rings is 7. The maximum Gasteiger partial charge on any atom is 0.0254 e. The second kappa shape index (κ2) is 11.8. The summed E-state index contributed by atoms with van der Waals surface area (Å²) in [7, 11) is 0. The molecule has 0 radical (unpaired) electrons. The Bertz CT molecular complexity index is 2770. The third-order valence-corrected chi connectivity index (χ3v) is 13.1. The van der Waals surface area contributed by atoms with E-state index < -0.39 is 0 Å². The topological polar surface area (TPSA) is 0 Å². The number of hydrogen-bond donors (Lipinski definition) is 0. The average Bonchev–Trinajstić information content (AvgIpc) is 3.62. The summed E-state index contributed by atoms with van der Waals surface area (Å²) in [6.45, 7) is 28.3. The van der Waals surface area contributed by atoms with Crippen LogP contribution in [-0.2, 0) is 21.7 Å². The predicted molar refractivity (Wildman–Crippen MR) is 247 cm³/mol. The maximum absolute atomic E-state index is 3.98. The van der Waals surface area contributed by atoms with E-state index in [-0.39, 0.29) is 21.7 Å². The van der Waals surface area contributed by atoms with Gasteiger partial charge in [0.25, 0.3) is 0 Å². The molecule has 0 nitrogen and oxygen atoms in total. The van der Waals surface area contributed by atoms with Crippen molar-refractivity contribution in [1.82, 2.24) is 0 Å². The van der Waals surface area contributed by atoms with Gasteiger partial charge in [-0.1, -0.05) is 196 Å². The van der Waals surface area contributed by atoms with Crippen LogP contribution in [0.4, 0.5) is 0 Å². The van der Waals surface area contributed by atoms with Gasteiger partial charge in [-0.2, -0.15) is 0 Å². The van der Waals surface area contributed by atoms with E-state index in [1.807, 2.05) is 0 Å². The SMILES string of the molecule is CC(C)(C)c1cc(-c2c3c4cccc5cccc(c3c(-c3cc(C(C)(C)C)cc(C(C)(C)C)c3)c3c6ccc(Br)c7cccc(c23)c76)c54)cc(C(C)(C)C)c1. The van der Waals surface area contributed by atoms with E-state index in [0.29, 0.717) is 0 Å². The van der Waals surface area contributed by atoms with E-state index in [2.05, 4.69) is 202 Å². The molecule has 9 aromatic rings. The number of halogens is 1. The Morgan fingerprint density at radius 1 is 0.327 bits per heavy atom. The van der Waals surface area contributed by atoms with E-state index in [0.717, 1.165) is 4.47 Å². The second-order valence-corrected chi connectivity index (χ2v) is 21.2. The van der Waals surface area contributed by atoms with Crippen molar-refractivity contribution >= 4 is 80.6 Å². The van der Waals surface area contributed by atoms with E-state index in [4.69, 9.17) is 0 Å². The molecule has 0 bridgehead atoms. The molecule has 0 aromatic heterocycles. The number of hydrogen-bond acceptors (Lipinski definition) is 0. The Hall–Kier alpha value is -4.46. The Morgan fingerprint density at radius 2 is 0.655 bits per heavy atom. The van der Waals surface area contributed by atoms with E-state index in [1.54, 1.807) is 0 Å². The third-order valence-electron chi connectivity index (χ3n) is 12.4. The Balaban J connectivity index is 1.65. The largest absolute Gasteiger partial charge is 0.0610 e. The summed E-state index contributed by atoms with van der Waals surface area (Å²) in [5, 5.41) is 16.1. The van der Waals surface area contributed by atoms with Crippen LogP contribution in [0.1, 0.15) is 105 Å². The summed E-state index contributed by atoms with van der Waals surface area (Å²) in [5.41, 5.74) is 10.8. The normalized spacial score (nSPS) is 13.5. The van der Waals surface area contributed by atoms with Crippen LogP contribution >= 0.6 is 15.9 Å². The van der Waals surface area contributed by atoms with Crippen LogP contribution in [0.5, 0.6) is 0 Å². The quantitative estimate of drug-likeness (QED) is 0.164. The molecule has 55 heavy (non-hydrogen) atoms. The van der Waals surface area contributed by atoms with Crippen molar-refractivity contribution in [3.05, 3.63) is 130 Å². The smallest absolute Gasteiger partial charge is 0.0254 e. The van der Waals surface area contributed by atoms with Gasteiger partial charge in [0.1, 0.15) is 0 Å². The summed E-state index contributed by atoms with van der Waals surface area (Å²) in [5.74, 6) is 0. The fourth-order valence-electron chi connectivity index (χ4n) is 9.23. The Kier molecular flexibility index (Phi) is 7.75. The predicted octanol–water partition coefficient (Wildman–Crippen LogP) is 16.8. The molecule has 0 atom stereocenters. The van der Waals surface area contributed by atoms with E-state index in [9.17, 15) is 0 Å². The summed E-state index contributed by atoms with van der Waals surface area (Å²) in [6, 6.07) is 40.5. The minimum absolute atomic E-state index is 0.0180. The van der Waals surface area contributed by atoms with Crippen LogP contribution in [-0.4, -0.2) is 0 Å². The van der Waals surface area contributed by atoms with Gasteiger partial charge < -0.3 is 0 Å². The summed E-state index contributed by atoms with van der Waals surface area (Å²) in [6.07, 6.45) is 0. The summed E-state index contributed by atoms with van der Waals surface area (Å²) >= 11 is 3.98. The first-order valence-corrected chi connectivity index (χ1v) is 20.8. The first-order valence-electron chi connectivity index (χ1n) is 20.0. The molecule has 9 aromatic carbocycles. The molecule has 0 aliphatic carbocycles. The average molecular weight is 782 g/mol. The molecule has 0 aliphatic heterocycles. The van der Waals surface area contributed by atoms with Gasteiger partial charge in [0.2, 0.25) is 0 Å². The fourth-order valence-corrected chi connectivity index (χ4v) is 9.69. The molecule has 1 heteroatoms. The molecule has 0 unspecified atom stereocenters. The highest BCUT2D eigenvalue weighted by Crippen LogP contribution is 2.57. The van der Waals surface area contributed by atoms with Crippen LogP contribution in [0, 0.1) is 0 Å². The molecular formula is C54H53Br. The van der Waals surface area contributed by atoms with Gasteiger partial charge in [0, 0.05) is 4.47 Å². The molecule has 0 fully saturated rings. The zero-order chi connectivity index (χ0) is 39.1. The van der Waals surface area contributed by atoms with Crippen LogP contribution < -0.4 is 0 Å². The van der Waals surface area contributed by atoms with Crippen molar-refractivity contribution in [3.63, 3.8) is 0 Å². The van der Waals surface area contributed by atoms with Crippen molar-refractivity contribution in [2.24, 2.45) is 0 Å². The first-order chi connectivity index (χ1) is 25.7. The van der Waals surface area contributed by atoms with Gasteiger partial charge in [0.15, 0.2) is 0 Å². The molecule has 0 saturated heterocycles. The molecule has 0 saturated carbocycles. The molecular weight excluding hydrogens is 728 g/mol. The van der Waals surface area contributed by atoms with Gasteiger partial charge in [-0.05, 0) is 137 Å². The minimum atomic E-state index is -0.0180.